The SMILES string of the molecule is CCCCc1ccc(C(N)c2cncc(Br)c2)cc1. The number of nitrogens with two attached hydrogens (primary N) is 1. The minimum absolute atomic E-state index is 0.120. The van der Waals surface area contributed by atoms with Crippen LogP contribution in [-0.2, 0) is 6.42 Å². The van der Waals surface area contributed by atoms with Crippen molar-refractivity contribution in [3.63, 3.8) is 0 Å². The number of hydrogen-bond acceptors (Lipinski definition) is 2. The molecule has 1 heterocycles. The summed E-state index contributed by atoms with van der Waals surface area (Å²) in [6, 6.07) is 10.5. The zero-order valence-corrected chi connectivity index (χ0v) is 12.7. The average molecular weight is 319 g/mol. The molecule has 2 aromatic rings. The molecule has 2 nitrogen and oxygen atoms in total. The zero-order valence-electron chi connectivity index (χ0n) is 11.1. The van der Waals surface area contributed by atoms with Crippen molar-refractivity contribution in [3.8, 4) is 0 Å². The van der Waals surface area contributed by atoms with Crippen molar-refractivity contribution in [2.45, 2.75) is 32.2 Å². The topological polar surface area (TPSA) is 38.9 Å². The van der Waals surface area contributed by atoms with Crippen LogP contribution < -0.4 is 5.73 Å². The monoisotopic (exact) mass is 318 g/mol. The Morgan fingerprint density at radius 1 is 1.16 bits per heavy atom. The van der Waals surface area contributed by atoms with Gasteiger partial charge in [0, 0.05) is 16.9 Å². The molecular weight excluding hydrogens is 300 g/mol. The van der Waals surface area contributed by atoms with Crippen LogP contribution in [0.5, 0.6) is 0 Å². The second-order valence-electron chi connectivity index (χ2n) is 4.76. The lowest BCUT2D eigenvalue weighted by Crippen LogP contribution is -2.12. The van der Waals surface area contributed by atoms with Crippen molar-refractivity contribution >= 4 is 15.9 Å². The van der Waals surface area contributed by atoms with Crippen LogP contribution in [0.3, 0.4) is 0 Å². The molecule has 0 spiro atoms. The van der Waals surface area contributed by atoms with Gasteiger partial charge in [-0.3, -0.25) is 4.98 Å². The lowest BCUT2D eigenvalue weighted by Gasteiger charge is -2.13. The summed E-state index contributed by atoms with van der Waals surface area (Å²) in [5, 5.41) is 0. The van der Waals surface area contributed by atoms with Crippen molar-refractivity contribution < 1.29 is 0 Å². The maximum Gasteiger partial charge on any atom is 0.0567 e. The van der Waals surface area contributed by atoms with Crippen molar-refractivity contribution in [1.29, 1.82) is 0 Å². The van der Waals surface area contributed by atoms with Gasteiger partial charge in [-0.2, -0.15) is 0 Å². The van der Waals surface area contributed by atoms with E-state index in [0.29, 0.717) is 0 Å². The molecule has 1 unspecified atom stereocenters. The van der Waals surface area contributed by atoms with Crippen molar-refractivity contribution in [2.75, 3.05) is 0 Å². The molecule has 0 fully saturated rings. The van der Waals surface area contributed by atoms with Crippen LogP contribution >= 0.6 is 15.9 Å². The fourth-order valence-electron chi connectivity index (χ4n) is 2.06. The maximum absolute atomic E-state index is 6.27. The van der Waals surface area contributed by atoms with Crippen LogP contribution in [-0.4, -0.2) is 4.98 Å². The third kappa shape index (κ3) is 3.88. The Balaban J connectivity index is 2.13. The summed E-state index contributed by atoms with van der Waals surface area (Å²) >= 11 is 3.42. The number of benzene rings is 1. The lowest BCUT2D eigenvalue weighted by molar-refractivity contribution is 0.793. The van der Waals surface area contributed by atoms with E-state index in [0.717, 1.165) is 22.0 Å². The summed E-state index contributed by atoms with van der Waals surface area (Å²) in [5.41, 5.74) is 9.80. The van der Waals surface area contributed by atoms with Gasteiger partial charge in [0.15, 0.2) is 0 Å². The first-order valence-corrected chi connectivity index (χ1v) is 7.45. The molecule has 1 aromatic heterocycles. The highest BCUT2D eigenvalue weighted by Gasteiger charge is 2.09. The zero-order chi connectivity index (χ0) is 13.7. The predicted octanol–water partition coefficient (Wildman–Crippen LogP) is 4.23. The minimum atomic E-state index is -0.120. The molecule has 0 saturated carbocycles. The van der Waals surface area contributed by atoms with E-state index in [-0.39, 0.29) is 6.04 Å². The molecule has 0 aliphatic rings. The molecule has 3 heteroatoms. The first-order chi connectivity index (χ1) is 9.20. The fraction of sp³-hybridized carbons (Fsp3) is 0.312. The molecule has 0 amide bonds. The van der Waals surface area contributed by atoms with Crippen LogP contribution in [0.15, 0.2) is 47.2 Å². The van der Waals surface area contributed by atoms with E-state index >= 15 is 0 Å². The summed E-state index contributed by atoms with van der Waals surface area (Å²) in [4.78, 5) is 4.16. The first-order valence-electron chi connectivity index (χ1n) is 6.65. The molecule has 100 valence electrons. The number of aryl methyl sites for hydroxylation is 1. The number of aromatic nitrogens is 1. The molecular formula is C16H19BrN2. The lowest BCUT2D eigenvalue weighted by atomic mass is 9.99. The Morgan fingerprint density at radius 2 is 1.89 bits per heavy atom. The second-order valence-corrected chi connectivity index (χ2v) is 5.67. The second kappa shape index (κ2) is 6.83. The third-order valence-corrected chi connectivity index (χ3v) is 3.68. The summed E-state index contributed by atoms with van der Waals surface area (Å²) in [6.07, 6.45) is 7.20. The number of rotatable bonds is 5. The predicted molar refractivity (Wildman–Crippen MR) is 83.0 cm³/mol. The molecule has 1 atom stereocenters. The summed E-state index contributed by atoms with van der Waals surface area (Å²) in [6.45, 7) is 2.21. The van der Waals surface area contributed by atoms with Gasteiger partial charge in [-0.1, -0.05) is 37.6 Å². The Hall–Kier alpha value is -1.19. The molecule has 0 aliphatic heterocycles. The van der Waals surface area contributed by atoms with Crippen molar-refractivity contribution in [1.82, 2.24) is 4.98 Å². The molecule has 0 aliphatic carbocycles. The Kier molecular flexibility index (Phi) is 5.11. The molecule has 0 radical (unpaired) electrons. The van der Waals surface area contributed by atoms with Gasteiger partial charge in [-0.15, -0.1) is 0 Å². The molecule has 19 heavy (non-hydrogen) atoms. The average Bonchev–Trinajstić information content (AvgIpc) is 2.45. The van der Waals surface area contributed by atoms with Gasteiger partial charge in [-0.25, -0.2) is 0 Å². The maximum atomic E-state index is 6.27. The molecule has 2 N–H and O–H groups in total. The van der Waals surface area contributed by atoms with Gasteiger partial charge in [0.05, 0.1) is 6.04 Å². The van der Waals surface area contributed by atoms with Crippen LogP contribution in [0.1, 0.15) is 42.5 Å². The van der Waals surface area contributed by atoms with Gasteiger partial charge < -0.3 is 5.73 Å². The van der Waals surface area contributed by atoms with Crippen LogP contribution in [0.4, 0.5) is 0 Å². The van der Waals surface area contributed by atoms with Crippen LogP contribution in [0.25, 0.3) is 0 Å². The van der Waals surface area contributed by atoms with Crippen LogP contribution in [0, 0.1) is 0 Å². The Bertz CT molecular complexity index is 523. The third-order valence-electron chi connectivity index (χ3n) is 3.24. The van der Waals surface area contributed by atoms with E-state index in [9.17, 15) is 0 Å². The van der Waals surface area contributed by atoms with E-state index in [2.05, 4.69) is 52.1 Å². The van der Waals surface area contributed by atoms with Gasteiger partial charge in [-0.05, 0) is 51.5 Å². The highest BCUT2D eigenvalue weighted by molar-refractivity contribution is 9.10. The van der Waals surface area contributed by atoms with E-state index in [4.69, 9.17) is 5.73 Å². The van der Waals surface area contributed by atoms with E-state index in [1.807, 2.05) is 12.3 Å². The summed E-state index contributed by atoms with van der Waals surface area (Å²) in [7, 11) is 0. The van der Waals surface area contributed by atoms with E-state index in [1.54, 1.807) is 6.20 Å². The molecule has 2 rings (SSSR count). The molecule has 1 aromatic carbocycles. The van der Waals surface area contributed by atoms with Gasteiger partial charge in [0.2, 0.25) is 0 Å². The van der Waals surface area contributed by atoms with E-state index < -0.39 is 0 Å². The van der Waals surface area contributed by atoms with E-state index in [1.165, 1.54) is 18.4 Å². The van der Waals surface area contributed by atoms with Crippen molar-refractivity contribution in [3.05, 3.63) is 63.9 Å². The highest BCUT2D eigenvalue weighted by Crippen LogP contribution is 2.22. The summed E-state index contributed by atoms with van der Waals surface area (Å²) in [5.74, 6) is 0. The largest absolute Gasteiger partial charge is 0.320 e. The van der Waals surface area contributed by atoms with Gasteiger partial charge in [0.1, 0.15) is 0 Å². The normalized spacial score (nSPS) is 12.4. The Labute approximate surface area is 123 Å². The van der Waals surface area contributed by atoms with Gasteiger partial charge in [0.25, 0.3) is 0 Å². The number of unbranched alkanes of at least 4 members (excludes halogenated alkanes) is 1. The molecule has 0 saturated heterocycles. The molecule has 0 bridgehead atoms. The number of hydrogen-bond donors (Lipinski definition) is 1. The quantitative estimate of drug-likeness (QED) is 0.895. The Morgan fingerprint density at radius 3 is 2.53 bits per heavy atom. The number of pyridine rings is 1. The smallest absolute Gasteiger partial charge is 0.0567 e. The summed E-state index contributed by atoms with van der Waals surface area (Å²) < 4.78 is 0.958. The number of halogens is 1. The fourth-order valence-corrected chi connectivity index (χ4v) is 2.45. The van der Waals surface area contributed by atoms with Gasteiger partial charge >= 0.3 is 0 Å². The first kappa shape index (κ1) is 14.2. The van der Waals surface area contributed by atoms with Crippen LogP contribution in [0.2, 0.25) is 0 Å². The van der Waals surface area contributed by atoms with Crippen molar-refractivity contribution in [2.24, 2.45) is 5.73 Å². The highest BCUT2D eigenvalue weighted by atomic mass is 79.9. The minimum Gasteiger partial charge on any atom is -0.320 e. The standard InChI is InChI=1S/C16H19BrN2/c1-2-3-4-12-5-7-13(8-6-12)16(18)14-9-15(17)11-19-10-14/h5-11,16H,2-4,18H2,1H3. The number of nitrogens with zero attached hydrogens (tertiary/aromatic N) is 1.